The summed E-state index contributed by atoms with van der Waals surface area (Å²) in [6, 6.07) is 6.76. The fourth-order valence-corrected chi connectivity index (χ4v) is 4.27. The smallest absolute Gasteiger partial charge is 0.338 e. The van der Waals surface area contributed by atoms with Crippen molar-refractivity contribution in [1.29, 1.82) is 0 Å². The van der Waals surface area contributed by atoms with Crippen LogP contribution in [0, 0.1) is 0 Å². The van der Waals surface area contributed by atoms with Gasteiger partial charge in [0.25, 0.3) is 5.91 Å². The predicted octanol–water partition coefficient (Wildman–Crippen LogP) is 2.81. The van der Waals surface area contributed by atoms with Gasteiger partial charge in [-0.15, -0.1) is 0 Å². The number of nitrogens with one attached hydrogen (secondary N) is 1. The van der Waals surface area contributed by atoms with E-state index in [0.29, 0.717) is 24.7 Å². The SMILES string of the molecule is CN(C)S(=O)(=O)c1cc(NC(=O)COC(=O)c2cc(Cl)c3c(c2)OCCO3)ccc1Cl. The van der Waals surface area contributed by atoms with Crippen LogP contribution in [-0.4, -0.2) is 58.5 Å². The molecule has 1 N–H and O–H groups in total. The maximum Gasteiger partial charge on any atom is 0.338 e. The minimum Gasteiger partial charge on any atom is -0.486 e. The summed E-state index contributed by atoms with van der Waals surface area (Å²) in [5.41, 5.74) is 0.265. The average molecular weight is 489 g/mol. The molecule has 0 spiro atoms. The molecule has 0 saturated heterocycles. The minimum atomic E-state index is -3.81. The van der Waals surface area contributed by atoms with Crippen LogP contribution >= 0.6 is 23.2 Å². The Bertz CT molecular complexity index is 1140. The Hall–Kier alpha value is -2.53. The summed E-state index contributed by atoms with van der Waals surface area (Å²) < 4.78 is 41.4. The number of hydrogen-bond acceptors (Lipinski definition) is 7. The van der Waals surface area contributed by atoms with E-state index in [4.69, 9.17) is 37.4 Å². The third kappa shape index (κ3) is 5.21. The fourth-order valence-electron chi connectivity index (χ4n) is 2.62. The highest BCUT2D eigenvalue weighted by Crippen LogP contribution is 2.38. The van der Waals surface area contributed by atoms with Crippen LogP contribution in [0.4, 0.5) is 5.69 Å². The van der Waals surface area contributed by atoms with E-state index in [-0.39, 0.29) is 26.2 Å². The third-order valence-electron chi connectivity index (χ3n) is 4.14. The standard InChI is InChI=1S/C19H18Cl2N2O7S/c1-23(2)31(26,27)16-9-12(3-4-13(16)20)22-17(24)10-30-19(25)11-7-14(21)18-15(8-11)28-5-6-29-18/h3-4,7-9H,5-6,10H2,1-2H3,(H,22,24). The molecule has 166 valence electrons. The minimum absolute atomic E-state index is 0.00798. The molecule has 0 atom stereocenters. The number of rotatable bonds is 6. The Labute approximate surface area is 188 Å². The summed E-state index contributed by atoms with van der Waals surface area (Å²) in [5, 5.41) is 2.65. The first-order valence-corrected chi connectivity index (χ1v) is 11.1. The Morgan fingerprint density at radius 2 is 1.81 bits per heavy atom. The van der Waals surface area contributed by atoms with Gasteiger partial charge in [-0.3, -0.25) is 4.79 Å². The highest BCUT2D eigenvalue weighted by molar-refractivity contribution is 7.89. The summed E-state index contributed by atoms with van der Waals surface area (Å²) in [6.45, 7) is 0.0546. The maximum absolute atomic E-state index is 12.3. The molecule has 0 saturated carbocycles. The summed E-state index contributed by atoms with van der Waals surface area (Å²) in [4.78, 5) is 24.3. The van der Waals surface area contributed by atoms with E-state index >= 15 is 0 Å². The van der Waals surface area contributed by atoms with Crippen LogP contribution in [0.5, 0.6) is 11.5 Å². The van der Waals surface area contributed by atoms with Crippen LogP contribution in [0.15, 0.2) is 35.2 Å². The number of fused-ring (bicyclic) bond motifs is 1. The molecule has 2 aromatic carbocycles. The molecule has 0 unspecified atom stereocenters. The number of benzene rings is 2. The predicted molar refractivity (Wildman–Crippen MR) is 114 cm³/mol. The molecule has 1 amide bonds. The number of carbonyl (C=O) groups is 2. The molecule has 1 aliphatic heterocycles. The second kappa shape index (κ2) is 9.31. The Balaban J connectivity index is 1.66. The van der Waals surface area contributed by atoms with Crippen molar-refractivity contribution in [3.8, 4) is 11.5 Å². The number of nitrogens with zero attached hydrogens (tertiary/aromatic N) is 1. The lowest BCUT2D eigenvalue weighted by atomic mass is 10.2. The summed E-state index contributed by atoms with van der Waals surface area (Å²) in [7, 11) is -1.09. The topological polar surface area (TPSA) is 111 Å². The van der Waals surface area contributed by atoms with Gasteiger partial charge >= 0.3 is 5.97 Å². The van der Waals surface area contributed by atoms with Gasteiger partial charge < -0.3 is 19.5 Å². The van der Waals surface area contributed by atoms with E-state index < -0.39 is 28.5 Å². The first-order chi connectivity index (χ1) is 14.6. The van der Waals surface area contributed by atoms with Gasteiger partial charge in [-0.25, -0.2) is 17.5 Å². The lowest BCUT2D eigenvalue weighted by Gasteiger charge is -2.20. The van der Waals surface area contributed by atoms with Crippen LogP contribution < -0.4 is 14.8 Å². The van der Waals surface area contributed by atoms with Crippen molar-refractivity contribution < 1.29 is 32.2 Å². The lowest BCUT2D eigenvalue weighted by molar-refractivity contribution is -0.119. The number of halogens is 2. The molecular formula is C19H18Cl2N2O7S. The van der Waals surface area contributed by atoms with Crippen molar-refractivity contribution in [2.24, 2.45) is 0 Å². The van der Waals surface area contributed by atoms with Crippen LogP contribution in [-0.2, 0) is 19.6 Å². The highest BCUT2D eigenvalue weighted by atomic mass is 35.5. The number of hydrogen-bond donors (Lipinski definition) is 1. The Kier molecular flexibility index (Phi) is 6.95. The van der Waals surface area contributed by atoms with E-state index in [0.717, 1.165) is 4.31 Å². The Morgan fingerprint density at radius 1 is 1.10 bits per heavy atom. The zero-order chi connectivity index (χ0) is 22.8. The summed E-state index contributed by atoms with van der Waals surface area (Å²) in [6.07, 6.45) is 0. The number of esters is 1. The first kappa shape index (κ1) is 23.1. The largest absolute Gasteiger partial charge is 0.486 e. The van der Waals surface area contributed by atoms with E-state index in [9.17, 15) is 18.0 Å². The van der Waals surface area contributed by atoms with Crippen LogP contribution in [0.2, 0.25) is 10.0 Å². The maximum atomic E-state index is 12.3. The van der Waals surface area contributed by atoms with Gasteiger partial charge in [-0.2, -0.15) is 0 Å². The molecule has 9 nitrogen and oxygen atoms in total. The normalized spacial score (nSPS) is 13.1. The van der Waals surface area contributed by atoms with E-state index in [1.54, 1.807) is 0 Å². The van der Waals surface area contributed by atoms with Crippen molar-refractivity contribution in [1.82, 2.24) is 4.31 Å². The van der Waals surface area contributed by atoms with Crippen molar-refractivity contribution in [2.45, 2.75) is 4.90 Å². The molecule has 1 heterocycles. The van der Waals surface area contributed by atoms with Gasteiger partial charge in [0, 0.05) is 19.8 Å². The number of sulfonamides is 1. The van der Waals surface area contributed by atoms with Gasteiger partial charge in [0.15, 0.2) is 18.1 Å². The third-order valence-corrected chi connectivity index (χ3v) is 6.72. The molecule has 31 heavy (non-hydrogen) atoms. The van der Waals surface area contributed by atoms with E-state index in [1.807, 2.05) is 0 Å². The van der Waals surface area contributed by atoms with E-state index in [2.05, 4.69) is 5.32 Å². The first-order valence-electron chi connectivity index (χ1n) is 8.88. The van der Waals surface area contributed by atoms with Gasteiger partial charge in [-0.1, -0.05) is 23.2 Å². The molecule has 3 rings (SSSR count). The average Bonchev–Trinajstić information content (AvgIpc) is 2.73. The number of carbonyl (C=O) groups excluding carboxylic acids is 2. The Morgan fingerprint density at radius 3 is 2.52 bits per heavy atom. The van der Waals surface area contributed by atoms with Crippen LogP contribution in [0.1, 0.15) is 10.4 Å². The molecule has 1 aliphatic rings. The molecule has 0 fully saturated rings. The second-order valence-corrected chi connectivity index (χ2v) is 9.47. The number of anilines is 1. The zero-order valence-electron chi connectivity index (χ0n) is 16.5. The zero-order valence-corrected chi connectivity index (χ0v) is 18.8. The number of ether oxygens (including phenoxy) is 3. The highest BCUT2D eigenvalue weighted by Gasteiger charge is 2.23. The second-order valence-electron chi connectivity index (χ2n) is 6.54. The lowest BCUT2D eigenvalue weighted by Crippen LogP contribution is -2.23. The van der Waals surface area contributed by atoms with Gasteiger partial charge in [-0.05, 0) is 30.3 Å². The van der Waals surface area contributed by atoms with Crippen molar-refractivity contribution in [3.05, 3.63) is 45.9 Å². The molecular weight excluding hydrogens is 471 g/mol. The van der Waals surface area contributed by atoms with Crippen molar-refractivity contribution in [2.75, 3.05) is 39.2 Å². The van der Waals surface area contributed by atoms with Crippen molar-refractivity contribution in [3.63, 3.8) is 0 Å². The monoisotopic (exact) mass is 488 g/mol. The van der Waals surface area contributed by atoms with Crippen LogP contribution in [0.3, 0.4) is 0 Å². The number of amides is 1. The molecule has 0 aromatic heterocycles. The molecule has 0 radical (unpaired) electrons. The fraction of sp³-hybridized carbons (Fsp3) is 0.263. The summed E-state index contributed by atoms with van der Waals surface area (Å²) in [5.74, 6) is -0.812. The molecule has 0 bridgehead atoms. The quantitative estimate of drug-likeness (QED) is 0.622. The van der Waals surface area contributed by atoms with Gasteiger partial charge in [0.2, 0.25) is 10.0 Å². The molecule has 0 aliphatic carbocycles. The molecule has 12 heteroatoms. The van der Waals surface area contributed by atoms with Gasteiger partial charge in [0.05, 0.1) is 15.6 Å². The molecule has 2 aromatic rings. The van der Waals surface area contributed by atoms with Gasteiger partial charge in [0.1, 0.15) is 18.1 Å². The summed E-state index contributed by atoms with van der Waals surface area (Å²) >= 11 is 12.1. The van der Waals surface area contributed by atoms with E-state index in [1.165, 1.54) is 44.4 Å². The van der Waals surface area contributed by atoms with Crippen molar-refractivity contribution >= 4 is 50.8 Å². The van der Waals surface area contributed by atoms with Crippen LogP contribution in [0.25, 0.3) is 0 Å².